The van der Waals surface area contributed by atoms with Crippen LogP contribution in [0.2, 0.25) is 0 Å². The maximum absolute atomic E-state index is 10.9. The largest absolute Gasteiger partial charge is 0.481 e. The Morgan fingerprint density at radius 3 is 2.78 bits per heavy atom. The van der Waals surface area contributed by atoms with Gasteiger partial charge in [0.15, 0.2) is 0 Å². The molecular weight excluding hydrogens is 344 g/mol. The molecule has 27 heavy (non-hydrogen) atoms. The van der Waals surface area contributed by atoms with Gasteiger partial charge in [-0.3, -0.25) is 4.79 Å². The lowest BCUT2D eigenvalue weighted by Crippen LogP contribution is -2.36. The molecule has 2 aromatic rings. The lowest BCUT2D eigenvalue weighted by Gasteiger charge is -2.33. The second-order valence-electron chi connectivity index (χ2n) is 6.83. The molecule has 3 rings (SSSR count). The quantitative estimate of drug-likeness (QED) is 0.768. The molecule has 0 aliphatic carbocycles. The van der Waals surface area contributed by atoms with Crippen molar-refractivity contribution in [1.82, 2.24) is 0 Å². The normalized spacial score (nSPS) is 19.7. The van der Waals surface area contributed by atoms with Crippen LogP contribution in [-0.2, 0) is 32.0 Å². The Labute approximate surface area is 159 Å². The maximum atomic E-state index is 10.9. The first-order chi connectivity index (χ1) is 13.1. The first-order valence-corrected chi connectivity index (χ1v) is 9.26. The number of carboxylic acid groups (broad SMARTS) is 1. The SMILES string of the molecule is Cc1c(CCC(=O)O)cccc1C1COCOC1COCc1ccccc1. The summed E-state index contributed by atoms with van der Waals surface area (Å²) in [6.45, 7) is 3.92. The lowest BCUT2D eigenvalue weighted by atomic mass is 9.87. The summed E-state index contributed by atoms with van der Waals surface area (Å²) in [5.74, 6) is -0.712. The van der Waals surface area contributed by atoms with Crippen molar-refractivity contribution in [3.8, 4) is 0 Å². The van der Waals surface area contributed by atoms with Gasteiger partial charge < -0.3 is 19.3 Å². The molecule has 0 spiro atoms. The van der Waals surface area contributed by atoms with Gasteiger partial charge >= 0.3 is 5.97 Å². The summed E-state index contributed by atoms with van der Waals surface area (Å²) in [5, 5.41) is 8.96. The van der Waals surface area contributed by atoms with Crippen molar-refractivity contribution < 1.29 is 24.1 Å². The summed E-state index contributed by atoms with van der Waals surface area (Å²) in [7, 11) is 0. The number of hydrogen-bond donors (Lipinski definition) is 1. The summed E-state index contributed by atoms with van der Waals surface area (Å²) < 4.78 is 17.3. The summed E-state index contributed by atoms with van der Waals surface area (Å²) in [6, 6.07) is 16.1. The zero-order valence-corrected chi connectivity index (χ0v) is 15.6. The Bertz CT molecular complexity index is 744. The Hall–Kier alpha value is -2.21. The highest BCUT2D eigenvalue weighted by molar-refractivity contribution is 5.67. The molecule has 0 aromatic heterocycles. The highest BCUT2D eigenvalue weighted by Crippen LogP contribution is 2.30. The van der Waals surface area contributed by atoms with Gasteiger partial charge in [-0.25, -0.2) is 0 Å². The summed E-state index contributed by atoms with van der Waals surface area (Å²) >= 11 is 0. The van der Waals surface area contributed by atoms with Crippen molar-refractivity contribution in [3.63, 3.8) is 0 Å². The van der Waals surface area contributed by atoms with E-state index >= 15 is 0 Å². The van der Waals surface area contributed by atoms with Crippen molar-refractivity contribution in [2.45, 2.75) is 38.4 Å². The van der Waals surface area contributed by atoms with E-state index in [2.05, 4.69) is 6.07 Å². The van der Waals surface area contributed by atoms with E-state index in [1.54, 1.807) is 0 Å². The van der Waals surface area contributed by atoms with Crippen LogP contribution in [0.15, 0.2) is 48.5 Å². The number of aryl methyl sites for hydroxylation is 1. The first kappa shape index (κ1) is 19.5. The van der Waals surface area contributed by atoms with E-state index < -0.39 is 5.97 Å². The number of rotatable bonds is 8. The number of carboxylic acids is 1. The van der Waals surface area contributed by atoms with E-state index in [0.29, 0.717) is 26.2 Å². The summed E-state index contributed by atoms with van der Waals surface area (Å²) in [6.07, 6.45) is 0.570. The number of carbonyl (C=O) groups is 1. The Morgan fingerprint density at radius 2 is 2.00 bits per heavy atom. The Kier molecular flexibility index (Phi) is 6.98. The molecule has 1 saturated heterocycles. The van der Waals surface area contributed by atoms with Crippen molar-refractivity contribution in [1.29, 1.82) is 0 Å². The minimum atomic E-state index is -0.781. The van der Waals surface area contributed by atoms with Crippen molar-refractivity contribution in [3.05, 3.63) is 70.8 Å². The van der Waals surface area contributed by atoms with Crippen LogP contribution in [0.1, 0.15) is 34.6 Å². The van der Waals surface area contributed by atoms with Crippen LogP contribution in [0.5, 0.6) is 0 Å². The molecule has 2 atom stereocenters. The third kappa shape index (κ3) is 5.39. The maximum Gasteiger partial charge on any atom is 0.303 e. The highest BCUT2D eigenvalue weighted by atomic mass is 16.7. The molecule has 2 unspecified atom stereocenters. The molecule has 1 heterocycles. The third-order valence-corrected chi connectivity index (χ3v) is 5.00. The van der Waals surface area contributed by atoms with Gasteiger partial charge in [0.25, 0.3) is 0 Å². The van der Waals surface area contributed by atoms with Gasteiger partial charge in [-0.15, -0.1) is 0 Å². The second kappa shape index (κ2) is 9.65. The third-order valence-electron chi connectivity index (χ3n) is 5.00. The van der Waals surface area contributed by atoms with Crippen LogP contribution in [0, 0.1) is 6.92 Å². The van der Waals surface area contributed by atoms with E-state index in [4.69, 9.17) is 19.3 Å². The minimum Gasteiger partial charge on any atom is -0.481 e. The zero-order chi connectivity index (χ0) is 19.1. The number of ether oxygens (including phenoxy) is 3. The summed E-state index contributed by atoms with van der Waals surface area (Å²) in [5.41, 5.74) is 4.45. The molecule has 144 valence electrons. The fourth-order valence-electron chi connectivity index (χ4n) is 3.47. The van der Waals surface area contributed by atoms with Crippen LogP contribution in [0.4, 0.5) is 0 Å². The molecule has 1 aliphatic heterocycles. The van der Waals surface area contributed by atoms with E-state index in [0.717, 1.165) is 22.3 Å². The van der Waals surface area contributed by atoms with E-state index in [9.17, 15) is 4.79 Å². The zero-order valence-electron chi connectivity index (χ0n) is 15.6. The molecule has 1 N–H and O–H groups in total. The van der Waals surface area contributed by atoms with Gasteiger partial charge in [-0.2, -0.15) is 0 Å². The molecule has 1 aliphatic rings. The molecule has 2 aromatic carbocycles. The van der Waals surface area contributed by atoms with Crippen molar-refractivity contribution >= 4 is 5.97 Å². The van der Waals surface area contributed by atoms with Crippen LogP contribution in [0.3, 0.4) is 0 Å². The van der Waals surface area contributed by atoms with E-state index in [1.807, 2.05) is 49.4 Å². The van der Waals surface area contributed by atoms with Crippen LogP contribution >= 0.6 is 0 Å². The average molecular weight is 370 g/mol. The summed E-state index contributed by atoms with van der Waals surface area (Å²) in [4.78, 5) is 10.9. The first-order valence-electron chi connectivity index (χ1n) is 9.26. The second-order valence-corrected chi connectivity index (χ2v) is 6.83. The van der Waals surface area contributed by atoms with Gasteiger partial charge in [0.05, 0.1) is 25.9 Å². The molecule has 1 fully saturated rings. The van der Waals surface area contributed by atoms with Crippen LogP contribution in [0.25, 0.3) is 0 Å². The smallest absolute Gasteiger partial charge is 0.303 e. The van der Waals surface area contributed by atoms with E-state index in [1.165, 1.54) is 0 Å². The highest BCUT2D eigenvalue weighted by Gasteiger charge is 2.30. The average Bonchev–Trinajstić information content (AvgIpc) is 2.68. The van der Waals surface area contributed by atoms with Gasteiger partial charge in [-0.05, 0) is 35.6 Å². The molecular formula is C22H26O5. The van der Waals surface area contributed by atoms with Crippen molar-refractivity contribution in [2.24, 2.45) is 0 Å². The predicted molar refractivity (Wildman–Crippen MR) is 102 cm³/mol. The molecule has 5 heteroatoms. The van der Waals surface area contributed by atoms with Crippen molar-refractivity contribution in [2.75, 3.05) is 20.0 Å². The van der Waals surface area contributed by atoms with Gasteiger partial charge in [0.1, 0.15) is 6.79 Å². The lowest BCUT2D eigenvalue weighted by molar-refractivity contribution is -0.169. The van der Waals surface area contributed by atoms with Gasteiger partial charge in [0.2, 0.25) is 0 Å². The standard InChI is InChI=1S/C22H26O5/c1-16-18(10-11-22(23)24)8-5-9-19(16)20-13-26-15-27-21(20)14-25-12-17-6-3-2-4-7-17/h2-9,20-21H,10-15H2,1H3,(H,23,24). The topological polar surface area (TPSA) is 65.0 Å². The predicted octanol–water partition coefficient (Wildman–Crippen LogP) is 3.69. The minimum absolute atomic E-state index is 0.0688. The molecule has 0 bridgehead atoms. The van der Waals surface area contributed by atoms with Gasteiger partial charge in [-0.1, -0.05) is 48.5 Å². The number of aliphatic carboxylic acids is 1. The molecule has 0 saturated carbocycles. The Morgan fingerprint density at radius 1 is 1.19 bits per heavy atom. The number of hydrogen-bond acceptors (Lipinski definition) is 4. The number of benzene rings is 2. The fraction of sp³-hybridized carbons (Fsp3) is 0.409. The molecule has 0 amide bonds. The van der Waals surface area contributed by atoms with E-state index in [-0.39, 0.29) is 25.2 Å². The van der Waals surface area contributed by atoms with Crippen LogP contribution in [-0.4, -0.2) is 37.2 Å². The monoisotopic (exact) mass is 370 g/mol. The molecule has 0 radical (unpaired) electrons. The Balaban J connectivity index is 1.67. The van der Waals surface area contributed by atoms with Gasteiger partial charge in [0, 0.05) is 12.3 Å². The fourth-order valence-corrected chi connectivity index (χ4v) is 3.47. The van der Waals surface area contributed by atoms with Crippen LogP contribution < -0.4 is 0 Å². The molecule has 5 nitrogen and oxygen atoms in total.